The van der Waals surface area contributed by atoms with Crippen LogP contribution in [0.25, 0.3) is 0 Å². The van der Waals surface area contributed by atoms with Crippen molar-refractivity contribution in [3.05, 3.63) is 71.3 Å². The Bertz CT molecular complexity index is 771. The lowest BCUT2D eigenvalue weighted by Gasteiger charge is -2.05. The number of unbranched alkanes of at least 4 members (excludes halogenated alkanes) is 2. The molecule has 4 nitrogen and oxygen atoms in total. The van der Waals surface area contributed by atoms with Crippen molar-refractivity contribution >= 4 is 11.9 Å². The minimum absolute atomic E-state index is 0.0967. The fourth-order valence-electron chi connectivity index (χ4n) is 2.35. The summed E-state index contributed by atoms with van der Waals surface area (Å²) in [5, 5.41) is 2.89. The lowest BCUT2D eigenvalue weighted by Crippen LogP contribution is -2.24. The highest BCUT2D eigenvalue weighted by Gasteiger charge is 2.04. The molecule has 0 atom stereocenters. The predicted octanol–water partition coefficient (Wildman–Crippen LogP) is 3.55. The van der Waals surface area contributed by atoms with Crippen LogP contribution in [-0.2, 0) is 9.53 Å². The van der Waals surface area contributed by atoms with Crippen LogP contribution in [0.4, 0.5) is 0 Å². The number of esters is 1. The van der Waals surface area contributed by atoms with Gasteiger partial charge in [-0.2, -0.15) is 0 Å². The Kier molecular flexibility index (Phi) is 7.95. The van der Waals surface area contributed by atoms with Crippen LogP contribution < -0.4 is 5.32 Å². The van der Waals surface area contributed by atoms with Gasteiger partial charge in [0.1, 0.15) is 0 Å². The molecule has 1 N–H and O–H groups in total. The molecule has 0 aliphatic rings. The van der Waals surface area contributed by atoms with E-state index in [0.717, 1.165) is 30.4 Å². The van der Waals surface area contributed by atoms with Crippen molar-refractivity contribution in [1.29, 1.82) is 0 Å². The van der Waals surface area contributed by atoms with Crippen LogP contribution in [0.2, 0.25) is 0 Å². The molecule has 0 heterocycles. The van der Waals surface area contributed by atoms with Crippen LogP contribution in [0.1, 0.15) is 47.2 Å². The number of ether oxygens (including phenoxy) is 1. The Morgan fingerprint density at radius 1 is 0.885 bits per heavy atom. The Balaban J connectivity index is 1.75. The molecule has 2 aromatic rings. The van der Waals surface area contributed by atoms with Gasteiger partial charge < -0.3 is 10.1 Å². The number of hydrogen-bond donors (Lipinski definition) is 1. The van der Waals surface area contributed by atoms with E-state index >= 15 is 0 Å². The van der Waals surface area contributed by atoms with Gasteiger partial charge in [0.2, 0.25) is 0 Å². The minimum atomic E-state index is -0.190. The molecule has 0 saturated heterocycles. The first-order chi connectivity index (χ1) is 12.7. The molecule has 134 valence electrons. The third-order valence-corrected chi connectivity index (χ3v) is 3.84. The average molecular weight is 349 g/mol. The SMILES string of the molecule is COC(=O)CCCCCNC(=O)c1ccc(C#Cc2ccccc2)cc1. The summed E-state index contributed by atoms with van der Waals surface area (Å²) >= 11 is 0. The van der Waals surface area contributed by atoms with E-state index in [1.807, 2.05) is 42.5 Å². The molecule has 4 heteroatoms. The van der Waals surface area contributed by atoms with Gasteiger partial charge in [0.25, 0.3) is 5.91 Å². The Morgan fingerprint density at radius 3 is 2.19 bits per heavy atom. The topological polar surface area (TPSA) is 55.4 Å². The zero-order valence-corrected chi connectivity index (χ0v) is 15.0. The monoisotopic (exact) mass is 349 g/mol. The molecule has 0 radical (unpaired) electrons. The zero-order valence-electron chi connectivity index (χ0n) is 15.0. The summed E-state index contributed by atoms with van der Waals surface area (Å²) in [6.45, 7) is 0.593. The van der Waals surface area contributed by atoms with Crippen molar-refractivity contribution in [1.82, 2.24) is 5.32 Å². The van der Waals surface area contributed by atoms with Gasteiger partial charge in [-0.15, -0.1) is 0 Å². The number of amides is 1. The van der Waals surface area contributed by atoms with Crippen molar-refractivity contribution < 1.29 is 14.3 Å². The van der Waals surface area contributed by atoms with Gasteiger partial charge >= 0.3 is 5.97 Å². The molecule has 2 aromatic carbocycles. The lowest BCUT2D eigenvalue weighted by molar-refractivity contribution is -0.140. The maximum Gasteiger partial charge on any atom is 0.305 e. The molecule has 0 unspecified atom stereocenters. The molecule has 2 rings (SSSR count). The smallest absolute Gasteiger partial charge is 0.305 e. The molecule has 0 aromatic heterocycles. The van der Waals surface area contributed by atoms with Crippen LogP contribution in [0.15, 0.2) is 54.6 Å². The van der Waals surface area contributed by atoms with Crippen LogP contribution in [0.5, 0.6) is 0 Å². The molecular weight excluding hydrogens is 326 g/mol. The summed E-state index contributed by atoms with van der Waals surface area (Å²) in [5.74, 6) is 5.89. The first-order valence-corrected chi connectivity index (χ1v) is 8.71. The first-order valence-electron chi connectivity index (χ1n) is 8.71. The van der Waals surface area contributed by atoms with Crippen LogP contribution in [0.3, 0.4) is 0 Å². The molecule has 0 saturated carbocycles. The molecular formula is C22H23NO3. The second kappa shape index (κ2) is 10.7. The summed E-state index contributed by atoms with van der Waals surface area (Å²) in [7, 11) is 1.39. The largest absolute Gasteiger partial charge is 0.469 e. The third-order valence-electron chi connectivity index (χ3n) is 3.84. The summed E-state index contributed by atoms with van der Waals surface area (Å²) in [5.41, 5.74) is 2.44. The van der Waals surface area contributed by atoms with Crippen LogP contribution in [0, 0.1) is 11.8 Å². The highest BCUT2D eigenvalue weighted by molar-refractivity contribution is 5.94. The first kappa shape index (κ1) is 19.3. The predicted molar refractivity (Wildman–Crippen MR) is 102 cm³/mol. The van der Waals surface area contributed by atoms with Crippen molar-refractivity contribution in [3.8, 4) is 11.8 Å². The van der Waals surface area contributed by atoms with E-state index < -0.39 is 0 Å². The van der Waals surface area contributed by atoms with Gasteiger partial charge in [-0.3, -0.25) is 9.59 Å². The standard InChI is InChI=1S/C22H23NO3/c1-26-21(24)10-6-3-7-17-23-22(25)20-15-13-19(14-16-20)12-11-18-8-4-2-5-9-18/h2,4-5,8-9,13-16H,3,6-7,10,17H2,1H3,(H,23,25). The number of hydrogen-bond acceptors (Lipinski definition) is 3. The Morgan fingerprint density at radius 2 is 1.54 bits per heavy atom. The molecule has 26 heavy (non-hydrogen) atoms. The number of benzene rings is 2. The minimum Gasteiger partial charge on any atom is -0.469 e. The second-order valence-electron chi connectivity index (χ2n) is 5.84. The summed E-state index contributed by atoms with van der Waals surface area (Å²) < 4.78 is 4.59. The summed E-state index contributed by atoms with van der Waals surface area (Å²) in [4.78, 5) is 23.1. The van der Waals surface area contributed by atoms with Crippen molar-refractivity contribution in [2.75, 3.05) is 13.7 Å². The van der Waals surface area contributed by atoms with E-state index in [-0.39, 0.29) is 11.9 Å². The van der Waals surface area contributed by atoms with E-state index in [1.54, 1.807) is 12.1 Å². The van der Waals surface area contributed by atoms with Gasteiger partial charge in [0.05, 0.1) is 7.11 Å². The number of rotatable bonds is 7. The normalized spacial score (nSPS) is 9.73. The maximum absolute atomic E-state index is 12.1. The highest BCUT2D eigenvalue weighted by atomic mass is 16.5. The van der Waals surface area contributed by atoms with E-state index in [4.69, 9.17) is 0 Å². The Labute approximate surface area is 154 Å². The molecule has 0 aliphatic carbocycles. The highest BCUT2D eigenvalue weighted by Crippen LogP contribution is 2.05. The van der Waals surface area contributed by atoms with Gasteiger partial charge in [-0.05, 0) is 49.2 Å². The van der Waals surface area contributed by atoms with Crippen molar-refractivity contribution in [2.45, 2.75) is 25.7 Å². The quantitative estimate of drug-likeness (QED) is 0.472. The van der Waals surface area contributed by atoms with Crippen LogP contribution >= 0.6 is 0 Å². The fourth-order valence-corrected chi connectivity index (χ4v) is 2.35. The lowest BCUT2D eigenvalue weighted by atomic mass is 10.1. The number of carbonyl (C=O) groups excluding carboxylic acids is 2. The fraction of sp³-hybridized carbons (Fsp3) is 0.273. The summed E-state index contributed by atoms with van der Waals surface area (Å²) in [6.07, 6.45) is 2.92. The van der Waals surface area contributed by atoms with Gasteiger partial charge in [-0.1, -0.05) is 36.5 Å². The van der Waals surface area contributed by atoms with Gasteiger partial charge in [-0.25, -0.2) is 0 Å². The average Bonchev–Trinajstić information content (AvgIpc) is 2.69. The Hall–Kier alpha value is -3.06. The number of carbonyl (C=O) groups is 2. The molecule has 0 spiro atoms. The maximum atomic E-state index is 12.1. The molecule has 0 bridgehead atoms. The molecule has 0 aliphatic heterocycles. The zero-order chi connectivity index (χ0) is 18.6. The molecule has 1 amide bonds. The third kappa shape index (κ3) is 6.82. The van der Waals surface area contributed by atoms with E-state index in [2.05, 4.69) is 21.9 Å². The van der Waals surface area contributed by atoms with Crippen molar-refractivity contribution in [3.63, 3.8) is 0 Å². The van der Waals surface area contributed by atoms with E-state index in [9.17, 15) is 9.59 Å². The van der Waals surface area contributed by atoms with Gasteiger partial charge in [0, 0.05) is 29.7 Å². The molecule has 0 fully saturated rings. The summed E-state index contributed by atoms with van der Waals surface area (Å²) in [6, 6.07) is 17.0. The van der Waals surface area contributed by atoms with Gasteiger partial charge in [0.15, 0.2) is 0 Å². The van der Waals surface area contributed by atoms with E-state index in [0.29, 0.717) is 18.5 Å². The number of methoxy groups -OCH3 is 1. The second-order valence-corrected chi connectivity index (χ2v) is 5.84. The number of nitrogens with one attached hydrogen (secondary N) is 1. The van der Waals surface area contributed by atoms with E-state index in [1.165, 1.54) is 7.11 Å². The van der Waals surface area contributed by atoms with Crippen molar-refractivity contribution in [2.24, 2.45) is 0 Å². The van der Waals surface area contributed by atoms with Crippen LogP contribution in [-0.4, -0.2) is 25.5 Å².